The Balaban J connectivity index is 3.32. The third-order valence-electron chi connectivity index (χ3n) is 19.3. The van der Waals surface area contributed by atoms with E-state index in [0.29, 0.717) is 25.9 Å². The molecular formula is C81H159NO5. The molecule has 0 aliphatic heterocycles. The van der Waals surface area contributed by atoms with Gasteiger partial charge in [0.25, 0.3) is 0 Å². The lowest BCUT2D eigenvalue weighted by molar-refractivity contribution is -0.143. The zero-order valence-corrected chi connectivity index (χ0v) is 59.5. The number of unbranched alkanes of at least 4 members (excludes halogenated alkanes) is 64. The van der Waals surface area contributed by atoms with Crippen molar-refractivity contribution in [2.45, 2.75) is 482 Å². The van der Waals surface area contributed by atoms with E-state index < -0.39 is 12.1 Å². The summed E-state index contributed by atoms with van der Waals surface area (Å²) in [5.41, 5.74) is 0. The van der Waals surface area contributed by atoms with Crippen molar-refractivity contribution in [3.05, 3.63) is 12.2 Å². The van der Waals surface area contributed by atoms with Gasteiger partial charge in [-0.05, 0) is 51.4 Å². The summed E-state index contributed by atoms with van der Waals surface area (Å²) < 4.78 is 5.50. The number of allylic oxidation sites excluding steroid dienone is 2. The van der Waals surface area contributed by atoms with Gasteiger partial charge < -0.3 is 20.3 Å². The molecule has 2 atom stereocenters. The van der Waals surface area contributed by atoms with Crippen molar-refractivity contribution >= 4 is 11.9 Å². The number of ether oxygens (including phenoxy) is 1. The van der Waals surface area contributed by atoms with Crippen LogP contribution in [-0.2, 0) is 14.3 Å². The fourth-order valence-electron chi connectivity index (χ4n) is 13.2. The first-order valence-corrected chi connectivity index (χ1v) is 40.4. The third-order valence-corrected chi connectivity index (χ3v) is 19.3. The maximum Gasteiger partial charge on any atom is 0.305 e. The Bertz CT molecular complexity index is 1320. The predicted molar refractivity (Wildman–Crippen MR) is 384 cm³/mol. The average molecular weight is 1230 g/mol. The van der Waals surface area contributed by atoms with E-state index in [9.17, 15) is 19.8 Å². The van der Waals surface area contributed by atoms with Crippen LogP contribution in [-0.4, -0.2) is 47.4 Å². The third kappa shape index (κ3) is 73.5. The Morgan fingerprint density at radius 2 is 0.540 bits per heavy atom. The number of nitrogens with one attached hydrogen (secondary N) is 1. The summed E-state index contributed by atoms with van der Waals surface area (Å²) in [5.74, 6) is -0.00965. The van der Waals surface area contributed by atoms with Gasteiger partial charge in [0.15, 0.2) is 0 Å². The lowest BCUT2D eigenvalue weighted by Crippen LogP contribution is -2.45. The van der Waals surface area contributed by atoms with E-state index in [1.165, 1.54) is 392 Å². The van der Waals surface area contributed by atoms with Gasteiger partial charge in [-0.15, -0.1) is 0 Å². The summed E-state index contributed by atoms with van der Waals surface area (Å²) in [5, 5.41) is 23.5. The molecule has 518 valence electrons. The van der Waals surface area contributed by atoms with Crippen molar-refractivity contribution < 1.29 is 24.5 Å². The Morgan fingerprint density at radius 1 is 0.310 bits per heavy atom. The highest BCUT2D eigenvalue weighted by Crippen LogP contribution is 2.21. The molecule has 0 aliphatic rings. The Hall–Kier alpha value is -1.40. The molecule has 0 aromatic heterocycles. The number of aliphatic hydroxyl groups excluding tert-OH is 2. The van der Waals surface area contributed by atoms with Gasteiger partial charge in [0, 0.05) is 12.8 Å². The van der Waals surface area contributed by atoms with Crippen molar-refractivity contribution in [3.8, 4) is 0 Å². The van der Waals surface area contributed by atoms with E-state index in [4.69, 9.17) is 4.74 Å². The first-order chi connectivity index (χ1) is 43.0. The summed E-state index contributed by atoms with van der Waals surface area (Å²) in [6, 6.07) is -0.538. The van der Waals surface area contributed by atoms with Crippen molar-refractivity contribution in [3.63, 3.8) is 0 Å². The summed E-state index contributed by atoms with van der Waals surface area (Å²) >= 11 is 0. The van der Waals surface area contributed by atoms with Crippen molar-refractivity contribution in [1.82, 2.24) is 5.32 Å². The standard InChI is InChI=1S/C81H159NO5/c1-3-5-7-9-11-13-15-17-19-20-21-22-34-37-40-43-46-49-53-57-61-65-69-73-79(84)78(77-83)82-80(85)74-70-66-62-58-54-50-47-44-41-38-35-32-30-28-26-24-23-25-27-29-31-33-36-39-42-45-48-52-56-60-64-68-72-76-87-81(86)75-71-67-63-59-55-51-18-16-14-12-10-8-6-4-2/h16,18,78-79,83-84H,3-15,17,19-77H2,1-2H3,(H,82,85)/b18-16-. The van der Waals surface area contributed by atoms with Crippen LogP contribution in [0.15, 0.2) is 12.2 Å². The Morgan fingerprint density at radius 3 is 0.816 bits per heavy atom. The number of amides is 1. The van der Waals surface area contributed by atoms with E-state index in [0.717, 1.165) is 44.9 Å². The van der Waals surface area contributed by atoms with Crippen LogP contribution in [0.25, 0.3) is 0 Å². The predicted octanol–water partition coefficient (Wildman–Crippen LogP) is 26.7. The van der Waals surface area contributed by atoms with Crippen molar-refractivity contribution in [2.75, 3.05) is 13.2 Å². The van der Waals surface area contributed by atoms with Gasteiger partial charge in [-0.25, -0.2) is 0 Å². The number of hydrogen-bond acceptors (Lipinski definition) is 5. The molecule has 0 radical (unpaired) electrons. The molecule has 0 spiro atoms. The van der Waals surface area contributed by atoms with Crippen LogP contribution < -0.4 is 5.32 Å². The molecule has 0 saturated carbocycles. The summed E-state index contributed by atoms with van der Waals surface area (Å²) in [7, 11) is 0. The van der Waals surface area contributed by atoms with Crippen LogP contribution in [0.5, 0.6) is 0 Å². The number of hydrogen-bond donors (Lipinski definition) is 3. The largest absolute Gasteiger partial charge is 0.466 e. The van der Waals surface area contributed by atoms with Gasteiger partial charge in [0.2, 0.25) is 5.91 Å². The highest BCUT2D eigenvalue weighted by molar-refractivity contribution is 5.76. The minimum absolute atomic E-state index is 0.0144. The molecule has 6 heteroatoms. The summed E-state index contributed by atoms with van der Waals surface area (Å²) in [4.78, 5) is 24.6. The van der Waals surface area contributed by atoms with Crippen molar-refractivity contribution in [1.29, 1.82) is 0 Å². The number of aliphatic hydroxyl groups is 2. The molecule has 0 aromatic carbocycles. The van der Waals surface area contributed by atoms with Gasteiger partial charge in [0.1, 0.15) is 0 Å². The van der Waals surface area contributed by atoms with Gasteiger partial charge in [0.05, 0.1) is 25.4 Å². The molecule has 0 saturated heterocycles. The van der Waals surface area contributed by atoms with E-state index in [1.54, 1.807) is 0 Å². The number of carbonyl (C=O) groups is 2. The first-order valence-electron chi connectivity index (χ1n) is 40.4. The molecule has 0 aromatic rings. The molecule has 87 heavy (non-hydrogen) atoms. The number of esters is 1. The summed E-state index contributed by atoms with van der Waals surface area (Å²) in [6.07, 6.45) is 97.4. The van der Waals surface area contributed by atoms with Crippen LogP contribution >= 0.6 is 0 Å². The quantitative estimate of drug-likeness (QED) is 0.0320. The van der Waals surface area contributed by atoms with E-state index in [1.807, 2.05) is 0 Å². The van der Waals surface area contributed by atoms with Crippen LogP contribution in [0.2, 0.25) is 0 Å². The monoisotopic (exact) mass is 1230 g/mol. The Kier molecular flexibility index (Phi) is 75.8. The fraction of sp³-hybridized carbons (Fsp3) is 0.951. The normalized spacial score (nSPS) is 12.5. The maximum atomic E-state index is 12.6. The van der Waals surface area contributed by atoms with Gasteiger partial charge in [-0.1, -0.05) is 418 Å². The van der Waals surface area contributed by atoms with Crippen LogP contribution in [0.3, 0.4) is 0 Å². The van der Waals surface area contributed by atoms with E-state index >= 15 is 0 Å². The zero-order chi connectivity index (χ0) is 62.8. The molecule has 2 unspecified atom stereocenters. The summed E-state index contributed by atoms with van der Waals surface area (Å²) in [6.45, 7) is 5.00. The minimum atomic E-state index is -0.662. The SMILES string of the molecule is CCCCCCC/C=C\CCCCCCCC(=O)OCCCCCCCCCCCCCCCCCCCCCCCCCCCCCCCCCCCC(=O)NC(CO)C(O)CCCCCCCCCCCCCCCCCCCCCCCCC. The zero-order valence-electron chi connectivity index (χ0n) is 59.5. The maximum absolute atomic E-state index is 12.6. The molecule has 6 nitrogen and oxygen atoms in total. The van der Waals surface area contributed by atoms with Crippen LogP contribution in [0, 0.1) is 0 Å². The highest BCUT2D eigenvalue weighted by atomic mass is 16.5. The average Bonchev–Trinajstić information content (AvgIpc) is 3.52. The van der Waals surface area contributed by atoms with Gasteiger partial charge in [-0.2, -0.15) is 0 Å². The molecule has 0 heterocycles. The second-order valence-electron chi connectivity index (χ2n) is 28.1. The second-order valence-corrected chi connectivity index (χ2v) is 28.1. The first kappa shape index (κ1) is 85.6. The van der Waals surface area contributed by atoms with E-state index in [-0.39, 0.29) is 18.5 Å². The lowest BCUT2D eigenvalue weighted by Gasteiger charge is -2.22. The second kappa shape index (κ2) is 77.1. The molecule has 3 N–H and O–H groups in total. The number of rotatable bonds is 77. The van der Waals surface area contributed by atoms with Gasteiger partial charge in [-0.3, -0.25) is 9.59 Å². The van der Waals surface area contributed by atoms with Crippen LogP contribution in [0.4, 0.5) is 0 Å². The lowest BCUT2D eigenvalue weighted by atomic mass is 10.0. The number of carbonyl (C=O) groups excluding carboxylic acids is 2. The molecule has 1 amide bonds. The molecule has 0 bridgehead atoms. The fourth-order valence-corrected chi connectivity index (χ4v) is 13.2. The molecule has 0 fully saturated rings. The van der Waals surface area contributed by atoms with E-state index in [2.05, 4.69) is 31.3 Å². The molecule has 0 rings (SSSR count). The Labute approximate surface area is 546 Å². The van der Waals surface area contributed by atoms with Crippen molar-refractivity contribution in [2.24, 2.45) is 0 Å². The topological polar surface area (TPSA) is 95.9 Å². The van der Waals surface area contributed by atoms with Gasteiger partial charge >= 0.3 is 5.97 Å². The molecular weight excluding hydrogens is 1070 g/mol. The van der Waals surface area contributed by atoms with Crippen LogP contribution in [0.1, 0.15) is 470 Å². The highest BCUT2D eigenvalue weighted by Gasteiger charge is 2.20. The minimum Gasteiger partial charge on any atom is -0.466 e. The smallest absolute Gasteiger partial charge is 0.305 e. The molecule has 0 aliphatic carbocycles.